The summed E-state index contributed by atoms with van der Waals surface area (Å²) in [5, 5.41) is 9.26. The maximum Gasteiger partial charge on any atom is 0.242 e. The molecule has 2 aliphatic rings. The lowest BCUT2D eigenvalue weighted by Gasteiger charge is -2.41. The average Bonchev–Trinajstić information content (AvgIpc) is 2.46. The van der Waals surface area contributed by atoms with Crippen LogP contribution < -0.4 is 5.73 Å². The van der Waals surface area contributed by atoms with Crippen LogP contribution in [0, 0.1) is 0 Å². The van der Waals surface area contributed by atoms with Crippen LogP contribution in [0.4, 0.5) is 0 Å². The first kappa shape index (κ1) is 14.8. The summed E-state index contributed by atoms with van der Waals surface area (Å²) in [6.07, 6.45) is 10.7. The Hall–Kier alpha value is -0.610. The second kappa shape index (κ2) is 6.71. The first-order valence-electron chi connectivity index (χ1n) is 7.88. The van der Waals surface area contributed by atoms with Crippen molar-refractivity contribution in [2.24, 2.45) is 5.73 Å². The van der Waals surface area contributed by atoms with E-state index in [2.05, 4.69) is 0 Å². The largest absolute Gasteiger partial charge is 0.395 e. The molecule has 0 radical (unpaired) electrons. The van der Waals surface area contributed by atoms with Crippen molar-refractivity contribution in [1.82, 2.24) is 4.90 Å². The van der Waals surface area contributed by atoms with Crippen LogP contribution >= 0.6 is 0 Å². The van der Waals surface area contributed by atoms with Gasteiger partial charge in [0, 0.05) is 12.6 Å². The number of aliphatic hydroxyl groups is 1. The van der Waals surface area contributed by atoms with Gasteiger partial charge < -0.3 is 15.7 Å². The highest BCUT2D eigenvalue weighted by Crippen LogP contribution is 2.30. The Morgan fingerprint density at radius 2 is 1.68 bits per heavy atom. The molecular weight excluding hydrogens is 240 g/mol. The molecule has 2 saturated carbocycles. The van der Waals surface area contributed by atoms with Crippen molar-refractivity contribution in [2.45, 2.75) is 75.8 Å². The standard InChI is InChI=1S/C15H28N2O2/c16-15(9-5-2-6-10-15)14(19)17(11-12-18)13-7-3-1-4-8-13/h13,18H,1-12,16H2. The summed E-state index contributed by atoms with van der Waals surface area (Å²) in [5.41, 5.74) is 5.71. The second-order valence-electron chi connectivity index (χ2n) is 6.23. The predicted octanol–water partition coefficient (Wildman–Crippen LogP) is 1.80. The molecule has 0 aliphatic heterocycles. The lowest BCUT2D eigenvalue weighted by atomic mass is 9.80. The predicted molar refractivity (Wildman–Crippen MR) is 75.7 cm³/mol. The molecule has 1 amide bonds. The van der Waals surface area contributed by atoms with Crippen molar-refractivity contribution in [2.75, 3.05) is 13.2 Å². The average molecular weight is 268 g/mol. The van der Waals surface area contributed by atoms with Gasteiger partial charge in [0.25, 0.3) is 0 Å². The van der Waals surface area contributed by atoms with Gasteiger partial charge in [-0.3, -0.25) is 4.79 Å². The Bertz CT molecular complexity index is 295. The number of nitrogens with zero attached hydrogens (tertiary/aromatic N) is 1. The fourth-order valence-corrected chi connectivity index (χ4v) is 3.63. The summed E-state index contributed by atoms with van der Waals surface area (Å²) in [6, 6.07) is 0.302. The van der Waals surface area contributed by atoms with Gasteiger partial charge in [-0.25, -0.2) is 0 Å². The van der Waals surface area contributed by atoms with Gasteiger partial charge in [-0.05, 0) is 25.7 Å². The van der Waals surface area contributed by atoms with Crippen LogP contribution in [0.1, 0.15) is 64.2 Å². The molecule has 110 valence electrons. The zero-order valence-corrected chi connectivity index (χ0v) is 11.9. The van der Waals surface area contributed by atoms with Crippen LogP contribution in [-0.4, -0.2) is 40.6 Å². The fraction of sp³-hybridized carbons (Fsp3) is 0.933. The Morgan fingerprint density at radius 3 is 2.26 bits per heavy atom. The maximum atomic E-state index is 12.8. The summed E-state index contributed by atoms with van der Waals surface area (Å²) in [7, 11) is 0. The van der Waals surface area contributed by atoms with Crippen molar-refractivity contribution in [3.05, 3.63) is 0 Å². The summed E-state index contributed by atoms with van der Waals surface area (Å²) in [4.78, 5) is 14.7. The topological polar surface area (TPSA) is 66.6 Å². The van der Waals surface area contributed by atoms with Crippen LogP contribution in [0.2, 0.25) is 0 Å². The van der Waals surface area contributed by atoms with E-state index in [1.807, 2.05) is 4.90 Å². The van der Waals surface area contributed by atoms with E-state index in [4.69, 9.17) is 5.73 Å². The van der Waals surface area contributed by atoms with Crippen LogP contribution in [0.25, 0.3) is 0 Å². The van der Waals surface area contributed by atoms with Gasteiger partial charge in [-0.2, -0.15) is 0 Å². The van der Waals surface area contributed by atoms with Crippen molar-refractivity contribution >= 4 is 5.91 Å². The van der Waals surface area contributed by atoms with E-state index in [1.165, 1.54) is 25.7 Å². The molecule has 0 unspecified atom stereocenters. The molecule has 2 rings (SSSR count). The number of hydrogen-bond donors (Lipinski definition) is 2. The number of hydrogen-bond acceptors (Lipinski definition) is 3. The SMILES string of the molecule is NC1(C(=O)N(CCO)C2CCCCC2)CCCCC1. The van der Waals surface area contributed by atoms with E-state index in [1.54, 1.807) is 0 Å². The number of amides is 1. The third-order valence-electron chi connectivity index (χ3n) is 4.79. The highest BCUT2D eigenvalue weighted by atomic mass is 16.3. The molecule has 0 bridgehead atoms. The minimum atomic E-state index is -0.662. The highest BCUT2D eigenvalue weighted by molar-refractivity contribution is 5.86. The minimum absolute atomic E-state index is 0.0400. The van der Waals surface area contributed by atoms with Gasteiger partial charge in [-0.15, -0.1) is 0 Å². The second-order valence-corrected chi connectivity index (χ2v) is 6.23. The zero-order chi connectivity index (χ0) is 13.7. The molecule has 0 aromatic heterocycles. The molecule has 0 heterocycles. The molecule has 0 aromatic rings. The van der Waals surface area contributed by atoms with Gasteiger partial charge in [0.1, 0.15) is 0 Å². The van der Waals surface area contributed by atoms with Crippen molar-refractivity contribution in [3.63, 3.8) is 0 Å². The van der Waals surface area contributed by atoms with Crippen LogP contribution in [0.15, 0.2) is 0 Å². The molecule has 3 N–H and O–H groups in total. The van der Waals surface area contributed by atoms with E-state index >= 15 is 0 Å². The number of aliphatic hydroxyl groups excluding tert-OH is 1. The molecule has 19 heavy (non-hydrogen) atoms. The van der Waals surface area contributed by atoms with E-state index in [0.29, 0.717) is 12.6 Å². The molecule has 0 atom stereocenters. The summed E-state index contributed by atoms with van der Waals surface area (Å²) < 4.78 is 0. The highest BCUT2D eigenvalue weighted by Gasteiger charge is 2.40. The van der Waals surface area contributed by atoms with E-state index in [0.717, 1.165) is 38.5 Å². The Kier molecular flexibility index (Phi) is 5.22. The van der Waals surface area contributed by atoms with Gasteiger partial charge in [0.15, 0.2) is 0 Å². The first-order chi connectivity index (χ1) is 9.17. The third kappa shape index (κ3) is 3.48. The lowest BCUT2D eigenvalue weighted by molar-refractivity contribution is -0.142. The summed E-state index contributed by atoms with van der Waals surface area (Å²) in [5.74, 6) is 0.0909. The van der Waals surface area contributed by atoms with Crippen LogP contribution in [0.5, 0.6) is 0 Å². The third-order valence-corrected chi connectivity index (χ3v) is 4.79. The number of carbonyl (C=O) groups is 1. The fourth-order valence-electron chi connectivity index (χ4n) is 3.63. The Balaban J connectivity index is 2.06. The zero-order valence-electron chi connectivity index (χ0n) is 11.9. The lowest BCUT2D eigenvalue weighted by Crippen LogP contribution is -2.59. The summed E-state index contributed by atoms with van der Waals surface area (Å²) >= 11 is 0. The molecule has 2 fully saturated rings. The number of carbonyl (C=O) groups excluding carboxylic acids is 1. The summed E-state index contributed by atoms with van der Waals surface area (Å²) in [6.45, 7) is 0.487. The molecule has 4 nitrogen and oxygen atoms in total. The quantitative estimate of drug-likeness (QED) is 0.817. The van der Waals surface area contributed by atoms with Crippen molar-refractivity contribution in [1.29, 1.82) is 0 Å². The van der Waals surface area contributed by atoms with Crippen molar-refractivity contribution in [3.8, 4) is 0 Å². The maximum absolute atomic E-state index is 12.8. The molecule has 2 aliphatic carbocycles. The van der Waals surface area contributed by atoms with Crippen LogP contribution in [0.3, 0.4) is 0 Å². The van der Waals surface area contributed by atoms with Crippen LogP contribution in [-0.2, 0) is 4.79 Å². The molecule has 0 spiro atoms. The number of rotatable bonds is 4. The number of nitrogens with two attached hydrogens (primary N) is 1. The first-order valence-corrected chi connectivity index (χ1v) is 7.88. The monoisotopic (exact) mass is 268 g/mol. The minimum Gasteiger partial charge on any atom is -0.395 e. The Labute approximate surface area is 116 Å². The van der Waals surface area contributed by atoms with E-state index < -0.39 is 5.54 Å². The van der Waals surface area contributed by atoms with E-state index in [9.17, 15) is 9.90 Å². The molecular formula is C15H28N2O2. The van der Waals surface area contributed by atoms with Gasteiger partial charge >= 0.3 is 0 Å². The molecule has 0 saturated heterocycles. The van der Waals surface area contributed by atoms with Crippen molar-refractivity contribution < 1.29 is 9.90 Å². The van der Waals surface area contributed by atoms with Gasteiger partial charge in [0.2, 0.25) is 5.91 Å². The van der Waals surface area contributed by atoms with Gasteiger partial charge in [0.05, 0.1) is 12.1 Å². The van der Waals surface area contributed by atoms with Gasteiger partial charge in [-0.1, -0.05) is 38.5 Å². The Morgan fingerprint density at radius 1 is 1.11 bits per heavy atom. The van der Waals surface area contributed by atoms with E-state index in [-0.39, 0.29) is 12.5 Å². The smallest absolute Gasteiger partial charge is 0.242 e. The molecule has 0 aromatic carbocycles. The molecule has 4 heteroatoms. The normalized spacial score (nSPS) is 24.1.